The molecule has 4 rings (SSSR count). The summed E-state index contributed by atoms with van der Waals surface area (Å²) in [6.45, 7) is 1.87. The van der Waals surface area contributed by atoms with Gasteiger partial charge in [0.25, 0.3) is 15.1 Å². The van der Waals surface area contributed by atoms with Gasteiger partial charge in [-0.15, -0.1) is 0 Å². The van der Waals surface area contributed by atoms with E-state index >= 15 is 0 Å². The average molecular weight is 342 g/mol. The molecule has 2 aromatic heterocycles. The molecule has 0 aliphatic heterocycles. The summed E-state index contributed by atoms with van der Waals surface area (Å²) in [7, 11) is -3.88. The molecule has 0 atom stereocenters. The van der Waals surface area contributed by atoms with Crippen LogP contribution in [0.15, 0.2) is 34.0 Å². The van der Waals surface area contributed by atoms with Crippen molar-refractivity contribution >= 4 is 26.6 Å². The second kappa shape index (κ2) is 5.11. The maximum absolute atomic E-state index is 12.5. The summed E-state index contributed by atoms with van der Waals surface area (Å²) in [5.41, 5.74) is 2.29. The molecule has 24 heavy (non-hydrogen) atoms. The highest BCUT2D eigenvalue weighted by molar-refractivity contribution is 7.92. The molecule has 1 aliphatic carbocycles. The molecular weight excluding hydrogens is 328 g/mol. The van der Waals surface area contributed by atoms with Crippen molar-refractivity contribution in [2.75, 3.05) is 4.72 Å². The minimum absolute atomic E-state index is 0.204. The van der Waals surface area contributed by atoms with Gasteiger partial charge in [0.05, 0.1) is 23.0 Å². The van der Waals surface area contributed by atoms with Crippen molar-refractivity contribution < 1.29 is 12.8 Å². The zero-order valence-electron chi connectivity index (χ0n) is 12.8. The quantitative estimate of drug-likeness (QED) is 0.757. The Balaban J connectivity index is 1.74. The van der Waals surface area contributed by atoms with E-state index in [0.29, 0.717) is 28.0 Å². The molecule has 1 aromatic carbocycles. The van der Waals surface area contributed by atoms with Crippen molar-refractivity contribution in [3.8, 4) is 6.07 Å². The average Bonchev–Trinajstić information content (AvgIpc) is 3.12. The van der Waals surface area contributed by atoms with Crippen LogP contribution in [0, 0.1) is 18.3 Å². The lowest BCUT2D eigenvalue weighted by Gasteiger charge is -2.08. The summed E-state index contributed by atoms with van der Waals surface area (Å²) >= 11 is 0. The molecule has 0 unspecified atom stereocenters. The standard InChI is InChI=1S/C16H14N4O3S/c1-9-2-5-12(15-14(9)11(6-17)7-18-15)20-24(21,22)13-8-19-16(23-13)10-3-4-10/h2,5,7-8,10,18,20H,3-4H2,1H3. The van der Waals surface area contributed by atoms with Crippen molar-refractivity contribution in [3.63, 3.8) is 0 Å². The third-order valence-corrected chi connectivity index (χ3v) is 5.31. The van der Waals surface area contributed by atoms with Gasteiger partial charge in [-0.05, 0) is 31.4 Å². The number of hydrogen-bond donors (Lipinski definition) is 2. The van der Waals surface area contributed by atoms with E-state index in [1.165, 1.54) is 6.20 Å². The van der Waals surface area contributed by atoms with Crippen molar-refractivity contribution in [1.29, 1.82) is 5.26 Å². The van der Waals surface area contributed by atoms with E-state index < -0.39 is 10.0 Å². The number of anilines is 1. The molecule has 1 saturated carbocycles. The van der Waals surface area contributed by atoms with E-state index in [0.717, 1.165) is 18.4 Å². The van der Waals surface area contributed by atoms with Gasteiger partial charge in [0.15, 0.2) is 5.89 Å². The summed E-state index contributed by atoms with van der Waals surface area (Å²) in [5, 5.41) is 9.68. The minimum atomic E-state index is -3.88. The number of aromatic amines is 1. The smallest absolute Gasteiger partial charge is 0.297 e. The lowest BCUT2D eigenvalue weighted by molar-refractivity contribution is 0.410. The number of rotatable bonds is 4. The Bertz CT molecular complexity index is 1080. The SMILES string of the molecule is Cc1ccc(NS(=O)(=O)c2cnc(C3CC3)o2)c2[nH]cc(C#N)c12. The summed E-state index contributed by atoms with van der Waals surface area (Å²) in [5.74, 6) is 0.706. The van der Waals surface area contributed by atoms with E-state index in [9.17, 15) is 13.7 Å². The van der Waals surface area contributed by atoms with Crippen molar-refractivity contribution in [2.45, 2.75) is 30.8 Å². The molecule has 2 N–H and O–H groups in total. The molecule has 1 aliphatic rings. The maximum atomic E-state index is 12.5. The first-order valence-corrected chi connectivity index (χ1v) is 8.97. The van der Waals surface area contributed by atoms with Gasteiger partial charge < -0.3 is 9.40 Å². The van der Waals surface area contributed by atoms with Gasteiger partial charge in [-0.3, -0.25) is 4.72 Å². The number of sulfonamides is 1. The highest BCUT2D eigenvalue weighted by Gasteiger charge is 2.31. The number of aromatic nitrogens is 2. The topological polar surface area (TPSA) is 112 Å². The summed E-state index contributed by atoms with van der Waals surface area (Å²) in [4.78, 5) is 7.00. The number of nitriles is 1. The fraction of sp³-hybridized carbons (Fsp3) is 0.250. The number of aryl methyl sites for hydroxylation is 1. The van der Waals surface area contributed by atoms with E-state index in [2.05, 4.69) is 20.8 Å². The van der Waals surface area contributed by atoms with Crippen molar-refractivity contribution in [3.05, 3.63) is 41.5 Å². The van der Waals surface area contributed by atoms with Gasteiger partial charge in [0, 0.05) is 17.5 Å². The number of benzene rings is 1. The van der Waals surface area contributed by atoms with Gasteiger partial charge in [-0.25, -0.2) is 4.98 Å². The fourth-order valence-corrected chi connectivity index (χ4v) is 3.65. The summed E-state index contributed by atoms with van der Waals surface area (Å²) in [6, 6.07) is 5.52. The van der Waals surface area contributed by atoms with Crippen LogP contribution >= 0.6 is 0 Å². The Morgan fingerprint density at radius 2 is 2.21 bits per heavy atom. The zero-order chi connectivity index (χ0) is 16.9. The third-order valence-electron chi connectivity index (χ3n) is 4.10. The van der Waals surface area contributed by atoms with Crippen LogP contribution in [0.2, 0.25) is 0 Å². The van der Waals surface area contributed by atoms with Crippen molar-refractivity contribution in [2.24, 2.45) is 0 Å². The van der Waals surface area contributed by atoms with Gasteiger partial charge in [-0.2, -0.15) is 13.7 Å². The first-order chi connectivity index (χ1) is 11.5. The molecule has 0 radical (unpaired) electrons. The van der Waals surface area contributed by atoms with Crippen LogP contribution in [-0.2, 0) is 10.0 Å². The molecule has 0 spiro atoms. The molecular formula is C16H14N4O3S. The Kier molecular flexibility index (Phi) is 3.15. The molecule has 122 valence electrons. The first kappa shape index (κ1) is 14.8. The molecule has 7 nitrogen and oxygen atoms in total. The number of hydrogen-bond acceptors (Lipinski definition) is 5. The number of nitrogens with zero attached hydrogens (tertiary/aromatic N) is 2. The van der Waals surface area contributed by atoms with Gasteiger partial charge in [0.1, 0.15) is 6.07 Å². The van der Waals surface area contributed by atoms with Crippen molar-refractivity contribution in [1.82, 2.24) is 9.97 Å². The molecule has 0 bridgehead atoms. The highest BCUT2D eigenvalue weighted by atomic mass is 32.2. The Morgan fingerprint density at radius 3 is 2.92 bits per heavy atom. The first-order valence-electron chi connectivity index (χ1n) is 7.49. The second-order valence-electron chi connectivity index (χ2n) is 5.89. The second-order valence-corrected chi connectivity index (χ2v) is 7.50. The van der Waals surface area contributed by atoms with Crippen LogP contribution in [0.25, 0.3) is 10.9 Å². The maximum Gasteiger partial charge on any atom is 0.297 e. The van der Waals surface area contributed by atoms with Crippen LogP contribution in [0.1, 0.15) is 35.8 Å². The van der Waals surface area contributed by atoms with E-state index in [1.807, 2.05) is 6.92 Å². The van der Waals surface area contributed by atoms with Crippen LogP contribution in [-0.4, -0.2) is 18.4 Å². The number of H-pyrrole nitrogens is 1. The number of oxazole rings is 1. The molecule has 2 heterocycles. The molecule has 0 saturated heterocycles. The van der Waals surface area contributed by atoms with Gasteiger partial charge >= 0.3 is 0 Å². The Hall–Kier alpha value is -2.79. The van der Waals surface area contributed by atoms with Crippen LogP contribution < -0.4 is 4.72 Å². The highest BCUT2D eigenvalue weighted by Crippen LogP contribution is 2.40. The molecule has 8 heteroatoms. The largest absolute Gasteiger partial charge is 0.427 e. The van der Waals surface area contributed by atoms with E-state index in [1.54, 1.807) is 18.3 Å². The number of nitrogens with one attached hydrogen (secondary N) is 2. The lowest BCUT2D eigenvalue weighted by Crippen LogP contribution is -2.12. The van der Waals surface area contributed by atoms with Gasteiger partial charge in [-0.1, -0.05) is 6.07 Å². The van der Waals surface area contributed by atoms with Crippen LogP contribution in [0.4, 0.5) is 5.69 Å². The fourth-order valence-electron chi connectivity index (χ4n) is 2.70. The van der Waals surface area contributed by atoms with E-state index in [4.69, 9.17) is 4.42 Å². The van der Waals surface area contributed by atoms with Crippen LogP contribution in [0.3, 0.4) is 0 Å². The molecule has 1 fully saturated rings. The third kappa shape index (κ3) is 2.34. The van der Waals surface area contributed by atoms with E-state index in [-0.39, 0.29) is 11.0 Å². The molecule has 3 aromatic rings. The number of fused-ring (bicyclic) bond motifs is 1. The summed E-state index contributed by atoms with van der Waals surface area (Å²) in [6.07, 6.45) is 4.75. The molecule has 0 amide bonds. The lowest BCUT2D eigenvalue weighted by atomic mass is 10.1. The Morgan fingerprint density at radius 1 is 1.42 bits per heavy atom. The normalized spacial score (nSPS) is 14.7. The minimum Gasteiger partial charge on any atom is -0.427 e. The monoisotopic (exact) mass is 342 g/mol. The Labute approximate surface area is 138 Å². The predicted octanol–water partition coefficient (Wildman–Crippen LogP) is 3.01. The summed E-state index contributed by atoms with van der Waals surface area (Å²) < 4.78 is 33.0. The zero-order valence-corrected chi connectivity index (χ0v) is 13.6. The van der Waals surface area contributed by atoms with Crippen LogP contribution in [0.5, 0.6) is 0 Å². The predicted molar refractivity (Wildman–Crippen MR) is 87.0 cm³/mol. The van der Waals surface area contributed by atoms with Gasteiger partial charge in [0.2, 0.25) is 0 Å².